The molecule has 0 aliphatic heterocycles. The molecule has 16 heavy (non-hydrogen) atoms. The van der Waals surface area contributed by atoms with Crippen LogP contribution in [0.4, 0.5) is 0 Å². The maximum absolute atomic E-state index is 9.94. The van der Waals surface area contributed by atoms with Gasteiger partial charge in [-0.3, -0.25) is 4.68 Å². The first-order chi connectivity index (χ1) is 7.77. The topological polar surface area (TPSA) is 37.2 Å². The molecule has 3 nitrogen and oxygen atoms in total. The molecule has 0 amide bonds. The largest absolute Gasteiger partial charge is 0.386 e. The van der Waals surface area contributed by atoms with E-state index in [2.05, 4.69) is 5.43 Å². The Morgan fingerprint density at radius 1 is 1.19 bits per heavy atom. The molecule has 1 aromatic carbocycles. The lowest BCUT2D eigenvalue weighted by Crippen LogP contribution is -2.20. The zero-order chi connectivity index (χ0) is 11.4. The van der Waals surface area contributed by atoms with E-state index in [-0.39, 0.29) is 0 Å². The van der Waals surface area contributed by atoms with Gasteiger partial charge in [0.1, 0.15) is 0 Å². The van der Waals surface area contributed by atoms with Crippen LogP contribution in [-0.2, 0) is 0 Å². The zero-order valence-electron chi connectivity index (χ0n) is 8.68. The molecule has 0 radical (unpaired) electrons. The number of benzene rings is 1. The second-order valence-electron chi connectivity index (χ2n) is 3.49. The molecule has 0 fully saturated rings. The molecule has 0 aliphatic carbocycles. The summed E-state index contributed by atoms with van der Waals surface area (Å²) in [7, 11) is 0. The number of aliphatic hydroxyl groups excluding tert-OH is 1. The van der Waals surface area contributed by atoms with Gasteiger partial charge in [-0.2, -0.15) is 0 Å². The van der Waals surface area contributed by atoms with Crippen LogP contribution in [-0.4, -0.2) is 16.3 Å². The van der Waals surface area contributed by atoms with Crippen LogP contribution < -0.4 is 5.43 Å². The Kier molecular flexibility index (Phi) is 3.49. The van der Waals surface area contributed by atoms with Crippen molar-refractivity contribution in [2.45, 2.75) is 6.10 Å². The van der Waals surface area contributed by atoms with E-state index in [1.807, 2.05) is 42.7 Å². The van der Waals surface area contributed by atoms with Gasteiger partial charge >= 0.3 is 0 Å². The minimum Gasteiger partial charge on any atom is -0.386 e. The summed E-state index contributed by atoms with van der Waals surface area (Å²) in [5.74, 6) is 0. The van der Waals surface area contributed by atoms with Crippen molar-refractivity contribution in [3.8, 4) is 0 Å². The first-order valence-corrected chi connectivity index (χ1v) is 5.44. The number of hydrogen-bond donors (Lipinski definition) is 2. The molecule has 2 aromatic rings. The summed E-state index contributed by atoms with van der Waals surface area (Å²) in [6.07, 6.45) is 3.13. The number of aromatic nitrogens is 1. The molecule has 1 unspecified atom stereocenters. The van der Waals surface area contributed by atoms with Gasteiger partial charge < -0.3 is 10.5 Å². The third kappa shape index (κ3) is 2.56. The highest BCUT2D eigenvalue weighted by atomic mass is 35.5. The molecule has 0 saturated carbocycles. The average Bonchev–Trinajstić information content (AvgIpc) is 2.79. The van der Waals surface area contributed by atoms with Crippen molar-refractivity contribution in [3.05, 3.63) is 59.4 Å². The Balaban J connectivity index is 1.98. The summed E-state index contributed by atoms with van der Waals surface area (Å²) >= 11 is 5.99. The number of aliphatic hydroxyl groups is 1. The highest BCUT2D eigenvalue weighted by Crippen LogP contribution is 2.21. The predicted octanol–water partition coefficient (Wildman–Crippen LogP) is 2.42. The molecule has 1 atom stereocenters. The average molecular weight is 237 g/mol. The van der Waals surface area contributed by atoms with Gasteiger partial charge in [0.2, 0.25) is 0 Å². The fourth-order valence-corrected chi connectivity index (χ4v) is 1.75. The number of nitrogens with zero attached hydrogens (tertiary/aromatic N) is 1. The second-order valence-corrected chi connectivity index (χ2v) is 3.90. The lowest BCUT2D eigenvalue weighted by atomic mass is 10.1. The Labute approximate surface area is 99.3 Å². The third-order valence-electron chi connectivity index (χ3n) is 2.34. The summed E-state index contributed by atoms with van der Waals surface area (Å²) in [6, 6.07) is 11.1. The van der Waals surface area contributed by atoms with Gasteiger partial charge in [-0.15, -0.1) is 0 Å². The van der Waals surface area contributed by atoms with E-state index in [9.17, 15) is 5.11 Å². The van der Waals surface area contributed by atoms with Gasteiger partial charge in [-0.05, 0) is 18.2 Å². The molecule has 0 spiro atoms. The highest BCUT2D eigenvalue weighted by Gasteiger charge is 2.10. The normalized spacial score (nSPS) is 12.4. The molecule has 0 bridgehead atoms. The van der Waals surface area contributed by atoms with Crippen LogP contribution in [0, 0.1) is 0 Å². The van der Waals surface area contributed by atoms with Crippen LogP contribution in [0.3, 0.4) is 0 Å². The quantitative estimate of drug-likeness (QED) is 0.856. The summed E-state index contributed by atoms with van der Waals surface area (Å²) < 4.78 is 1.79. The van der Waals surface area contributed by atoms with Crippen molar-refractivity contribution < 1.29 is 5.11 Å². The van der Waals surface area contributed by atoms with Crippen LogP contribution in [0.2, 0.25) is 5.02 Å². The fraction of sp³-hybridized carbons (Fsp3) is 0.167. The van der Waals surface area contributed by atoms with Crippen LogP contribution >= 0.6 is 11.6 Å². The highest BCUT2D eigenvalue weighted by molar-refractivity contribution is 6.31. The van der Waals surface area contributed by atoms with Gasteiger partial charge in [-0.1, -0.05) is 29.8 Å². The third-order valence-corrected chi connectivity index (χ3v) is 2.68. The summed E-state index contributed by atoms with van der Waals surface area (Å²) in [4.78, 5) is 0. The minimum absolute atomic E-state index is 0.415. The monoisotopic (exact) mass is 236 g/mol. The predicted molar refractivity (Wildman–Crippen MR) is 65.1 cm³/mol. The van der Waals surface area contributed by atoms with Gasteiger partial charge in [0.15, 0.2) is 0 Å². The molecular weight excluding hydrogens is 224 g/mol. The standard InChI is InChI=1S/C12H13ClN2O/c13-11-6-2-1-5-10(11)12(16)9-14-15-7-3-4-8-15/h1-8,12,14,16H,9H2. The molecule has 1 heterocycles. The lowest BCUT2D eigenvalue weighted by Gasteiger charge is -2.14. The van der Waals surface area contributed by atoms with Gasteiger partial charge in [0.25, 0.3) is 0 Å². The van der Waals surface area contributed by atoms with Crippen LogP contribution in [0.5, 0.6) is 0 Å². The minimum atomic E-state index is -0.615. The van der Waals surface area contributed by atoms with E-state index in [0.29, 0.717) is 11.6 Å². The molecule has 0 aliphatic rings. The van der Waals surface area contributed by atoms with Gasteiger partial charge in [0.05, 0.1) is 12.6 Å². The second kappa shape index (κ2) is 5.05. The Morgan fingerprint density at radius 2 is 1.88 bits per heavy atom. The van der Waals surface area contributed by atoms with E-state index in [4.69, 9.17) is 11.6 Å². The molecule has 1 aromatic heterocycles. The molecule has 4 heteroatoms. The molecular formula is C12H13ClN2O. The van der Waals surface area contributed by atoms with E-state index >= 15 is 0 Å². The number of hydrogen-bond acceptors (Lipinski definition) is 2. The van der Waals surface area contributed by atoms with E-state index in [0.717, 1.165) is 5.56 Å². The van der Waals surface area contributed by atoms with E-state index in [1.54, 1.807) is 10.7 Å². The first-order valence-electron chi connectivity index (χ1n) is 5.07. The Bertz CT molecular complexity index is 442. The molecule has 2 N–H and O–H groups in total. The maximum atomic E-state index is 9.94. The van der Waals surface area contributed by atoms with Crippen molar-refractivity contribution in [2.24, 2.45) is 0 Å². The molecule has 0 saturated heterocycles. The Morgan fingerprint density at radius 3 is 2.56 bits per heavy atom. The summed E-state index contributed by atoms with van der Waals surface area (Å²) in [5, 5.41) is 10.5. The maximum Gasteiger partial charge on any atom is 0.0992 e. The fourth-order valence-electron chi connectivity index (χ4n) is 1.49. The lowest BCUT2D eigenvalue weighted by molar-refractivity contribution is 0.188. The zero-order valence-corrected chi connectivity index (χ0v) is 9.43. The smallest absolute Gasteiger partial charge is 0.0992 e. The van der Waals surface area contributed by atoms with E-state index in [1.165, 1.54) is 0 Å². The van der Waals surface area contributed by atoms with Crippen molar-refractivity contribution >= 4 is 11.6 Å². The summed E-state index contributed by atoms with van der Waals surface area (Å²) in [5.41, 5.74) is 3.80. The summed E-state index contributed by atoms with van der Waals surface area (Å²) in [6.45, 7) is 0.415. The van der Waals surface area contributed by atoms with Crippen LogP contribution in [0.25, 0.3) is 0 Å². The van der Waals surface area contributed by atoms with Crippen molar-refractivity contribution in [1.82, 2.24) is 4.68 Å². The Hall–Kier alpha value is -1.45. The van der Waals surface area contributed by atoms with Crippen LogP contribution in [0.1, 0.15) is 11.7 Å². The van der Waals surface area contributed by atoms with E-state index < -0.39 is 6.10 Å². The van der Waals surface area contributed by atoms with Crippen molar-refractivity contribution in [3.63, 3.8) is 0 Å². The number of nitrogens with one attached hydrogen (secondary N) is 1. The van der Waals surface area contributed by atoms with Crippen LogP contribution in [0.15, 0.2) is 48.8 Å². The van der Waals surface area contributed by atoms with Gasteiger partial charge in [0, 0.05) is 23.0 Å². The molecule has 84 valence electrons. The SMILES string of the molecule is OC(CNn1cccc1)c1ccccc1Cl. The van der Waals surface area contributed by atoms with Crippen molar-refractivity contribution in [2.75, 3.05) is 12.0 Å². The van der Waals surface area contributed by atoms with Crippen molar-refractivity contribution in [1.29, 1.82) is 0 Å². The number of halogens is 1. The van der Waals surface area contributed by atoms with Gasteiger partial charge in [-0.25, -0.2) is 0 Å². The first kappa shape index (κ1) is 11.0. The molecule has 2 rings (SSSR count). The number of rotatable bonds is 4.